The summed E-state index contributed by atoms with van der Waals surface area (Å²) in [5.74, 6) is -3.69. The summed E-state index contributed by atoms with van der Waals surface area (Å²) in [7, 11) is 1.60. The molecule has 7 fully saturated rings. The van der Waals surface area contributed by atoms with E-state index >= 15 is 0 Å². The van der Waals surface area contributed by atoms with Crippen molar-refractivity contribution in [3.63, 3.8) is 0 Å². The number of rotatable bonds is 26. The van der Waals surface area contributed by atoms with Gasteiger partial charge >= 0.3 is 24.2 Å². The molecule has 114 heavy (non-hydrogen) atoms. The van der Waals surface area contributed by atoms with Crippen LogP contribution in [-0.4, -0.2) is 295 Å². The van der Waals surface area contributed by atoms with Crippen LogP contribution in [-0.2, 0) is 84.6 Å². The molecule has 10 rings (SSSR count). The molecule has 3 aromatic carbocycles. The number of amides is 6. The molecule has 2 aliphatic carbocycles. The van der Waals surface area contributed by atoms with Gasteiger partial charge in [0.25, 0.3) is 11.8 Å². The zero-order valence-electron chi connectivity index (χ0n) is 65.1. The number of ether oxygens (including phenoxy) is 10. The van der Waals surface area contributed by atoms with Gasteiger partial charge in [0.2, 0.25) is 5.91 Å². The fourth-order valence-corrected chi connectivity index (χ4v) is 14.6. The molecule has 37 nitrogen and oxygen atoms in total. The van der Waals surface area contributed by atoms with E-state index in [1.165, 1.54) is 17.0 Å². The molecule has 2 unspecified atom stereocenters. The van der Waals surface area contributed by atoms with Gasteiger partial charge in [-0.2, -0.15) is 0 Å². The van der Waals surface area contributed by atoms with Crippen molar-refractivity contribution in [3.8, 4) is 0 Å². The Morgan fingerprint density at radius 1 is 0.509 bits per heavy atom. The highest BCUT2D eigenvalue weighted by molar-refractivity contribution is 6.01. The maximum absolute atomic E-state index is 13.5. The number of hydroxylamine groups is 4. The number of hydrogen-bond donors (Lipinski definition) is 15. The van der Waals surface area contributed by atoms with Crippen LogP contribution >= 0.6 is 0 Å². The lowest BCUT2D eigenvalue weighted by Crippen LogP contribution is -2.66. The summed E-state index contributed by atoms with van der Waals surface area (Å²) in [5.41, 5.74) is 19.9. The number of imide groups is 1. The Morgan fingerprint density at radius 2 is 0.921 bits per heavy atom. The summed E-state index contributed by atoms with van der Waals surface area (Å²) in [4.78, 5) is 97.1. The topological polar surface area (TPSA) is 544 Å². The van der Waals surface area contributed by atoms with Crippen molar-refractivity contribution in [2.45, 2.75) is 253 Å². The highest BCUT2D eigenvalue weighted by atomic mass is 16.8. The first-order valence-electron chi connectivity index (χ1n) is 38.8. The molecular formula is C77H116N8O29. The van der Waals surface area contributed by atoms with Gasteiger partial charge in [-0.3, -0.25) is 14.4 Å². The van der Waals surface area contributed by atoms with Crippen LogP contribution in [0.3, 0.4) is 0 Å². The summed E-state index contributed by atoms with van der Waals surface area (Å²) in [6.45, 7) is 10.4. The second kappa shape index (κ2) is 44.3. The number of nitrogens with two attached hydrogens (primary N) is 3. The molecule has 0 spiro atoms. The monoisotopic (exact) mass is 1620 g/mol. The normalized spacial score (nSPS) is 34.9. The Kier molecular flexibility index (Phi) is 35.9. The van der Waals surface area contributed by atoms with Crippen LogP contribution in [0.15, 0.2) is 91.0 Å². The molecule has 638 valence electrons. The molecular weight excluding hydrogens is 1500 g/mol. The maximum Gasteiger partial charge on any atom is 0.468 e. The van der Waals surface area contributed by atoms with E-state index in [2.05, 4.69) is 10.6 Å². The molecule has 7 aliphatic rings. The Morgan fingerprint density at radius 3 is 1.38 bits per heavy atom. The minimum atomic E-state index is -1.50. The lowest BCUT2D eigenvalue weighted by Gasteiger charge is -2.49. The number of alkyl carbamates (subject to hydrolysis) is 2. The highest BCUT2D eigenvalue weighted by Crippen LogP contribution is 2.41. The largest absolute Gasteiger partial charge is 0.468 e. The third kappa shape index (κ3) is 25.1. The summed E-state index contributed by atoms with van der Waals surface area (Å²) >= 11 is 0. The number of benzene rings is 3. The van der Waals surface area contributed by atoms with E-state index in [9.17, 15) is 84.6 Å². The SMILES string of the molecule is CC[C@H]1O[C@H](OC2[C@@H](C)C[C@@H](CC(=O)N(C)CCNC(=O)OCc3ccccc3)[C@H](O[C@H]3O[C@H](CO)[C@@H](O)[C@H](N)[C@H]3O)[C@H]2O)[C@H](C)C[C@@H]1O.CC[C@H]1O[C@H](OC2[C@@H](C)C[C@@H](N)[C@H](O[C@H]3O[C@H](CO)[C@@H](O)[C@H](N)[C@H]3O)[C@H]2O)[C@H](C)C[C@@H]1O.O=C(NCCN(OC(=O)c1ccccc1)C(=O)ON1C(=O)CCC1=O)OCc1ccccc1. The second-order valence-corrected chi connectivity index (χ2v) is 30.0. The standard InChI is InChI=1S/C34H55N3O12.C22H21N3O8.C21H40N2O9/c1-5-23-22(39)14-19(3)32(46-23)48-30-18(2)13-21(31(29(30)43)49-33-28(42)26(35)27(41)24(16-38)47-33)15-25(40)37(4)12-11-36-34(44)45-17-20-9-7-6-8-10-20;26-18-11-12-19(27)25(18)33-22(30)24(32-20(28)17-9-5-2-6-10-17)14-13-23-21(29)31-15-16-7-3-1-4-8-16;1-4-12-11(25)6-9(3)20(29-12)31-18-8(2)5-10(22)19(17(18)28)32-21-16(27)14(23)15(26)13(7-24)30-21/h6-10,18-19,21-24,26-33,38-39,41-43H,5,11-17,35H2,1-4H3,(H,36,44);1-10H,11-15H2,(H,23,29);8-21,24-28H,4-7,22-23H2,1-3H3/t18-,19+,21-,22-,23+,24+,26-,27+,28+,29-,30?,31-,32+,33+;;8-,9+,10+,11-,12+,13+,14-,15+,16+,17-,18?,19-,20+,21+/m0.0/s1. The molecule has 0 aromatic heterocycles. The van der Waals surface area contributed by atoms with Gasteiger partial charge in [-0.25, -0.2) is 19.2 Å². The number of aliphatic hydroxyl groups is 10. The summed E-state index contributed by atoms with van der Waals surface area (Å²) in [6.07, 6.45) is -19.3. The number of carbonyl (C=O) groups excluding carboxylic acids is 7. The van der Waals surface area contributed by atoms with Crippen molar-refractivity contribution in [3.05, 3.63) is 108 Å². The van der Waals surface area contributed by atoms with E-state index in [1.54, 1.807) is 49.5 Å². The molecule has 0 bridgehead atoms. The number of nitrogens with zero attached hydrogens (tertiary/aromatic N) is 3. The quantitative estimate of drug-likeness (QED) is 0.0365. The predicted molar refractivity (Wildman–Crippen MR) is 397 cm³/mol. The molecule has 2 saturated carbocycles. The second-order valence-electron chi connectivity index (χ2n) is 30.0. The Balaban J connectivity index is 0.000000221. The molecule has 5 heterocycles. The number of hydrogen-bond acceptors (Lipinski definition) is 32. The molecule has 3 aromatic rings. The maximum atomic E-state index is 13.5. The highest BCUT2D eigenvalue weighted by Gasteiger charge is 2.53. The average molecular weight is 1620 g/mol. The van der Waals surface area contributed by atoms with Crippen LogP contribution in [0.1, 0.15) is 121 Å². The minimum absolute atomic E-state index is 0.0423. The van der Waals surface area contributed by atoms with Gasteiger partial charge in [0.15, 0.2) is 25.2 Å². The summed E-state index contributed by atoms with van der Waals surface area (Å²) in [5, 5.41) is 110. The zero-order valence-corrected chi connectivity index (χ0v) is 65.1. The first kappa shape index (κ1) is 92.2. The third-order valence-electron chi connectivity index (χ3n) is 21.3. The number of nitrogens with one attached hydrogen (secondary N) is 2. The molecule has 37 heteroatoms. The summed E-state index contributed by atoms with van der Waals surface area (Å²) < 4.78 is 58.1. The van der Waals surface area contributed by atoms with Crippen molar-refractivity contribution < 1.29 is 142 Å². The van der Waals surface area contributed by atoms with Crippen molar-refractivity contribution in [2.75, 3.05) is 46.4 Å². The van der Waals surface area contributed by atoms with Crippen molar-refractivity contribution in [1.29, 1.82) is 0 Å². The fourth-order valence-electron chi connectivity index (χ4n) is 14.6. The van der Waals surface area contributed by atoms with Gasteiger partial charge in [-0.05, 0) is 79.5 Å². The van der Waals surface area contributed by atoms with Gasteiger partial charge in [0.1, 0.15) is 68.1 Å². The van der Waals surface area contributed by atoms with E-state index in [1.807, 2.05) is 77.9 Å². The third-order valence-corrected chi connectivity index (χ3v) is 21.3. The molecule has 28 atom stereocenters. The molecule has 18 N–H and O–H groups in total. The van der Waals surface area contributed by atoms with Crippen LogP contribution in [0.5, 0.6) is 0 Å². The lowest BCUT2D eigenvalue weighted by molar-refractivity contribution is -0.326. The first-order chi connectivity index (χ1) is 54.4. The van der Waals surface area contributed by atoms with Gasteiger partial charge < -0.3 is 141 Å². The smallest absolute Gasteiger partial charge is 0.445 e. The van der Waals surface area contributed by atoms with Crippen LogP contribution < -0.4 is 27.8 Å². The Labute approximate surface area is 661 Å². The predicted octanol–water partition coefficient (Wildman–Crippen LogP) is -0.203. The summed E-state index contributed by atoms with van der Waals surface area (Å²) in [6, 6.07) is 23.2. The fraction of sp³-hybridized carbons (Fsp3) is 0.675. The van der Waals surface area contributed by atoms with Gasteiger partial charge in [-0.15, -0.1) is 10.1 Å². The van der Waals surface area contributed by atoms with Gasteiger partial charge in [0.05, 0.1) is 80.1 Å². The van der Waals surface area contributed by atoms with Crippen LogP contribution in [0.25, 0.3) is 0 Å². The minimum Gasteiger partial charge on any atom is -0.445 e. The number of likely N-dealkylation sites (N-methyl/N-ethyl adjacent to an activating group) is 1. The van der Waals surface area contributed by atoms with Crippen LogP contribution in [0.4, 0.5) is 14.4 Å². The van der Waals surface area contributed by atoms with E-state index in [4.69, 9.17) is 74.2 Å². The van der Waals surface area contributed by atoms with E-state index in [-0.39, 0.29) is 99.9 Å². The average Bonchev–Trinajstić information content (AvgIpc) is 1.35. The van der Waals surface area contributed by atoms with Crippen LogP contribution in [0, 0.1) is 29.6 Å². The first-order valence-corrected chi connectivity index (χ1v) is 38.8. The van der Waals surface area contributed by atoms with E-state index in [0.717, 1.165) is 11.1 Å². The van der Waals surface area contributed by atoms with Crippen molar-refractivity contribution in [1.82, 2.24) is 25.7 Å². The lowest BCUT2D eigenvalue weighted by atomic mass is 9.74. The molecule has 0 radical (unpaired) electrons. The van der Waals surface area contributed by atoms with Gasteiger partial charge in [0, 0.05) is 63.8 Å². The Hall–Kier alpha value is -7.29. The van der Waals surface area contributed by atoms with Gasteiger partial charge in [-0.1, -0.05) is 120 Å². The zero-order chi connectivity index (χ0) is 83.2. The van der Waals surface area contributed by atoms with Crippen molar-refractivity contribution >= 4 is 42.0 Å². The van der Waals surface area contributed by atoms with Crippen LogP contribution in [0.2, 0.25) is 0 Å². The molecule has 5 aliphatic heterocycles. The number of carbonyl (C=O) groups is 7. The number of aliphatic hydroxyl groups excluding tert-OH is 10. The van der Waals surface area contributed by atoms with E-state index < -0.39 is 190 Å². The Bertz CT molecular complexity index is 3460. The molecule has 5 saturated heterocycles. The van der Waals surface area contributed by atoms with Crippen molar-refractivity contribution in [2.24, 2.45) is 46.8 Å². The molecule has 6 amide bonds. The van der Waals surface area contributed by atoms with E-state index in [0.29, 0.717) is 48.7 Å².